The van der Waals surface area contributed by atoms with Crippen molar-refractivity contribution in [2.45, 2.75) is 39.7 Å². The van der Waals surface area contributed by atoms with Gasteiger partial charge in [-0.15, -0.1) is 0 Å². The zero-order chi connectivity index (χ0) is 21.7. The van der Waals surface area contributed by atoms with Crippen LogP contribution in [0.25, 0.3) is 5.69 Å². The highest BCUT2D eigenvalue weighted by Gasteiger charge is 2.15. The highest BCUT2D eigenvalue weighted by atomic mass is 16.5. The number of hydrogen-bond donors (Lipinski definition) is 1. The fourth-order valence-corrected chi connectivity index (χ4v) is 3.48. The smallest absolute Gasteiger partial charge is 0.305 e. The van der Waals surface area contributed by atoms with E-state index < -0.39 is 0 Å². The Kier molecular flexibility index (Phi) is 6.67. The summed E-state index contributed by atoms with van der Waals surface area (Å²) in [7, 11) is 1.39. The SMILES string of the molecule is COC(=O)CCc1c(C)nn(-c2ccc(C(=O)N[C@@H](C)c3ccccc3)cc2)c1C. The maximum Gasteiger partial charge on any atom is 0.305 e. The summed E-state index contributed by atoms with van der Waals surface area (Å²) in [6, 6.07) is 17.1. The molecule has 1 aromatic heterocycles. The van der Waals surface area contributed by atoms with Crippen LogP contribution in [-0.2, 0) is 16.0 Å². The lowest BCUT2D eigenvalue weighted by atomic mass is 10.1. The van der Waals surface area contributed by atoms with Gasteiger partial charge in [-0.05, 0) is 62.6 Å². The van der Waals surface area contributed by atoms with Crippen LogP contribution in [0, 0.1) is 13.8 Å². The lowest BCUT2D eigenvalue weighted by Gasteiger charge is -2.14. The van der Waals surface area contributed by atoms with Crippen LogP contribution in [0.3, 0.4) is 0 Å². The summed E-state index contributed by atoms with van der Waals surface area (Å²) >= 11 is 0. The molecule has 1 heterocycles. The third-order valence-electron chi connectivity index (χ3n) is 5.27. The third-order valence-corrected chi connectivity index (χ3v) is 5.27. The van der Waals surface area contributed by atoms with Gasteiger partial charge in [-0.25, -0.2) is 4.68 Å². The Bertz CT molecular complexity index is 1020. The largest absolute Gasteiger partial charge is 0.469 e. The number of hydrogen-bond acceptors (Lipinski definition) is 4. The van der Waals surface area contributed by atoms with Crippen molar-refractivity contribution in [2.24, 2.45) is 0 Å². The fourth-order valence-electron chi connectivity index (χ4n) is 3.48. The van der Waals surface area contributed by atoms with Crippen LogP contribution in [0.2, 0.25) is 0 Å². The van der Waals surface area contributed by atoms with Crippen LogP contribution in [-0.4, -0.2) is 28.8 Å². The van der Waals surface area contributed by atoms with Gasteiger partial charge in [0.25, 0.3) is 5.91 Å². The number of aromatic nitrogens is 2. The topological polar surface area (TPSA) is 73.2 Å². The Labute approximate surface area is 176 Å². The van der Waals surface area contributed by atoms with Gasteiger partial charge in [-0.2, -0.15) is 5.10 Å². The first-order valence-electron chi connectivity index (χ1n) is 9.99. The van der Waals surface area contributed by atoms with Gasteiger partial charge in [0, 0.05) is 17.7 Å². The van der Waals surface area contributed by atoms with E-state index in [0.29, 0.717) is 18.4 Å². The number of carbonyl (C=O) groups is 2. The molecule has 0 radical (unpaired) electrons. The first-order chi connectivity index (χ1) is 14.4. The molecule has 0 fully saturated rings. The van der Waals surface area contributed by atoms with Crippen molar-refractivity contribution in [1.29, 1.82) is 0 Å². The van der Waals surface area contributed by atoms with Crippen LogP contribution >= 0.6 is 0 Å². The number of benzene rings is 2. The van der Waals surface area contributed by atoms with Gasteiger partial charge in [0.15, 0.2) is 0 Å². The van der Waals surface area contributed by atoms with E-state index in [9.17, 15) is 9.59 Å². The zero-order valence-electron chi connectivity index (χ0n) is 17.8. The predicted octanol–water partition coefficient (Wildman–Crippen LogP) is 4.09. The zero-order valence-corrected chi connectivity index (χ0v) is 17.8. The summed E-state index contributed by atoms with van der Waals surface area (Å²) in [4.78, 5) is 24.1. The fraction of sp³-hybridized carbons (Fsp3) is 0.292. The molecule has 0 aliphatic carbocycles. The molecular formula is C24H27N3O3. The summed E-state index contributed by atoms with van der Waals surface area (Å²) in [5.74, 6) is -0.355. The average molecular weight is 405 g/mol. The van der Waals surface area contributed by atoms with Gasteiger partial charge in [0.05, 0.1) is 24.5 Å². The lowest BCUT2D eigenvalue weighted by molar-refractivity contribution is -0.140. The van der Waals surface area contributed by atoms with Gasteiger partial charge in [0.1, 0.15) is 0 Å². The first kappa shape index (κ1) is 21.3. The molecule has 6 nitrogen and oxygen atoms in total. The summed E-state index contributed by atoms with van der Waals surface area (Å²) in [6.45, 7) is 5.88. The number of amides is 1. The van der Waals surface area contributed by atoms with E-state index in [2.05, 4.69) is 10.4 Å². The van der Waals surface area contributed by atoms with E-state index in [1.54, 1.807) is 12.1 Å². The molecule has 156 valence electrons. The van der Waals surface area contributed by atoms with Crippen molar-refractivity contribution in [1.82, 2.24) is 15.1 Å². The van der Waals surface area contributed by atoms with Gasteiger partial charge < -0.3 is 10.1 Å². The highest BCUT2D eigenvalue weighted by molar-refractivity contribution is 5.94. The molecule has 30 heavy (non-hydrogen) atoms. The number of esters is 1. The number of ether oxygens (including phenoxy) is 1. The molecule has 1 amide bonds. The Morgan fingerprint density at radius 3 is 2.37 bits per heavy atom. The number of aryl methyl sites for hydroxylation is 1. The van der Waals surface area contributed by atoms with Crippen LogP contribution in [0.5, 0.6) is 0 Å². The minimum absolute atomic E-state index is 0.0771. The van der Waals surface area contributed by atoms with Crippen LogP contribution in [0.15, 0.2) is 54.6 Å². The maximum atomic E-state index is 12.6. The summed E-state index contributed by atoms with van der Waals surface area (Å²) in [5, 5.41) is 7.63. The van der Waals surface area contributed by atoms with Crippen LogP contribution in [0.1, 0.15) is 52.3 Å². The van der Waals surface area contributed by atoms with Crippen molar-refractivity contribution in [3.8, 4) is 5.69 Å². The number of carbonyl (C=O) groups excluding carboxylic acids is 2. The second-order valence-corrected chi connectivity index (χ2v) is 7.29. The van der Waals surface area contributed by atoms with E-state index in [4.69, 9.17) is 4.74 Å². The Morgan fingerprint density at radius 1 is 1.07 bits per heavy atom. The Hall–Kier alpha value is -3.41. The van der Waals surface area contributed by atoms with E-state index in [1.807, 2.05) is 67.9 Å². The Balaban J connectivity index is 1.72. The van der Waals surface area contributed by atoms with Gasteiger partial charge in [0.2, 0.25) is 0 Å². The standard InChI is InChI=1S/C24H27N3O3/c1-16(19-8-6-5-7-9-19)25-24(29)20-10-12-21(13-11-20)27-18(3)22(17(2)26-27)14-15-23(28)30-4/h5-13,16H,14-15H2,1-4H3,(H,25,29)/t16-/m0/s1. The van der Waals surface area contributed by atoms with Gasteiger partial charge in [-0.3, -0.25) is 9.59 Å². The third kappa shape index (κ3) is 4.76. The maximum absolute atomic E-state index is 12.6. The van der Waals surface area contributed by atoms with Crippen molar-refractivity contribution in [2.75, 3.05) is 7.11 Å². The number of nitrogens with one attached hydrogen (secondary N) is 1. The quantitative estimate of drug-likeness (QED) is 0.601. The summed E-state index contributed by atoms with van der Waals surface area (Å²) in [5.41, 5.74) is 5.42. The predicted molar refractivity (Wildman–Crippen MR) is 116 cm³/mol. The first-order valence-corrected chi connectivity index (χ1v) is 9.99. The number of rotatable bonds is 7. The average Bonchev–Trinajstić information content (AvgIpc) is 3.06. The molecule has 2 aromatic carbocycles. The molecule has 0 saturated carbocycles. The Morgan fingerprint density at radius 2 is 1.73 bits per heavy atom. The van der Waals surface area contributed by atoms with E-state index in [-0.39, 0.29) is 17.9 Å². The lowest BCUT2D eigenvalue weighted by Crippen LogP contribution is -2.26. The molecular weight excluding hydrogens is 378 g/mol. The molecule has 6 heteroatoms. The summed E-state index contributed by atoms with van der Waals surface area (Å²) < 4.78 is 6.57. The van der Waals surface area contributed by atoms with Crippen LogP contribution in [0.4, 0.5) is 0 Å². The molecule has 0 aliphatic heterocycles. The molecule has 1 atom stereocenters. The highest BCUT2D eigenvalue weighted by Crippen LogP contribution is 2.20. The summed E-state index contributed by atoms with van der Waals surface area (Å²) in [6.07, 6.45) is 0.908. The number of nitrogens with zero attached hydrogens (tertiary/aromatic N) is 2. The van der Waals surface area contributed by atoms with Gasteiger partial charge in [-0.1, -0.05) is 30.3 Å². The van der Waals surface area contributed by atoms with Crippen molar-refractivity contribution >= 4 is 11.9 Å². The minimum atomic E-state index is -0.235. The molecule has 0 spiro atoms. The molecule has 1 N–H and O–H groups in total. The monoisotopic (exact) mass is 405 g/mol. The molecule has 0 aliphatic rings. The second-order valence-electron chi connectivity index (χ2n) is 7.29. The van der Waals surface area contributed by atoms with E-state index in [0.717, 1.165) is 28.2 Å². The van der Waals surface area contributed by atoms with E-state index in [1.165, 1.54) is 7.11 Å². The van der Waals surface area contributed by atoms with E-state index >= 15 is 0 Å². The molecule has 0 bridgehead atoms. The molecule has 3 aromatic rings. The van der Waals surface area contributed by atoms with Crippen molar-refractivity contribution < 1.29 is 14.3 Å². The normalized spacial score (nSPS) is 11.7. The second kappa shape index (κ2) is 9.39. The molecule has 0 unspecified atom stereocenters. The molecule has 3 rings (SSSR count). The van der Waals surface area contributed by atoms with Crippen molar-refractivity contribution in [3.05, 3.63) is 82.7 Å². The minimum Gasteiger partial charge on any atom is -0.469 e. The molecule has 0 saturated heterocycles. The van der Waals surface area contributed by atoms with Crippen LogP contribution < -0.4 is 5.32 Å². The number of methoxy groups -OCH3 is 1. The van der Waals surface area contributed by atoms with Crippen molar-refractivity contribution in [3.63, 3.8) is 0 Å². The van der Waals surface area contributed by atoms with Gasteiger partial charge >= 0.3 is 5.97 Å².